The van der Waals surface area contributed by atoms with Crippen molar-refractivity contribution in [3.63, 3.8) is 0 Å². The van der Waals surface area contributed by atoms with Crippen LogP contribution >= 0.6 is 0 Å². The molecule has 206 valence electrons. The normalized spacial score (nSPS) is 19.8. The molecule has 0 saturated carbocycles. The van der Waals surface area contributed by atoms with E-state index in [0.717, 1.165) is 28.6 Å². The zero-order chi connectivity index (χ0) is 28.0. The van der Waals surface area contributed by atoms with Gasteiger partial charge in [-0.2, -0.15) is 10.5 Å². The number of rotatable bonds is 6. The van der Waals surface area contributed by atoms with E-state index in [1.807, 2.05) is 68.6 Å². The maximum Gasteiger partial charge on any atom is 0.243 e. The van der Waals surface area contributed by atoms with Gasteiger partial charge in [-0.05, 0) is 54.8 Å². The third kappa shape index (κ3) is 5.96. The van der Waals surface area contributed by atoms with Crippen molar-refractivity contribution in [3.8, 4) is 11.8 Å². The lowest BCUT2D eigenvalue weighted by Gasteiger charge is -2.41. The van der Waals surface area contributed by atoms with Gasteiger partial charge in [-0.3, -0.25) is 14.5 Å². The van der Waals surface area contributed by atoms with E-state index in [-0.39, 0.29) is 5.91 Å². The molecule has 2 atom stereocenters. The molecule has 0 unspecified atom stereocenters. The van der Waals surface area contributed by atoms with E-state index >= 15 is 0 Å². The fraction of sp³-hybridized carbons (Fsp3) is 0.303. The molecule has 3 N–H and O–H groups in total. The quantitative estimate of drug-likeness (QED) is 0.313. The molecule has 6 rings (SSSR count). The van der Waals surface area contributed by atoms with Crippen LogP contribution in [-0.2, 0) is 27.4 Å². The smallest absolute Gasteiger partial charge is 0.243 e. The van der Waals surface area contributed by atoms with E-state index < -0.39 is 11.6 Å². The van der Waals surface area contributed by atoms with E-state index in [2.05, 4.69) is 58.8 Å². The Labute approximate surface area is 235 Å². The zero-order valence-corrected chi connectivity index (χ0v) is 23.3. The SMILES string of the molecule is CC.Cc1ccc(C#Cc2ccc(CN3OC[C@@]4(CNO4)[C@H]3C(=O)NCCc3c[nH]c4ccccc34)cc2)cc1. The second-order valence-corrected chi connectivity index (χ2v) is 9.95. The van der Waals surface area contributed by atoms with E-state index in [9.17, 15) is 4.79 Å². The highest BCUT2D eigenvalue weighted by molar-refractivity contribution is 5.84. The van der Waals surface area contributed by atoms with Crippen LogP contribution in [0.15, 0.2) is 79.0 Å². The summed E-state index contributed by atoms with van der Waals surface area (Å²) in [5, 5.41) is 6.04. The maximum absolute atomic E-state index is 13.4. The van der Waals surface area contributed by atoms with E-state index in [1.54, 1.807) is 5.06 Å². The van der Waals surface area contributed by atoms with Crippen LogP contribution in [-0.4, -0.2) is 47.3 Å². The van der Waals surface area contributed by atoms with Gasteiger partial charge in [0.1, 0.15) is 12.6 Å². The number of aryl methyl sites for hydroxylation is 1. The summed E-state index contributed by atoms with van der Waals surface area (Å²) in [4.78, 5) is 28.3. The van der Waals surface area contributed by atoms with Gasteiger partial charge in [-0.1, -0.05) is 73.7 Å². The highest BCUT2D eigenvalue weighted by Crippen LogP contribution is 2.34. The standard InChI is InChI=1S/C31H30N4O3.C2H6/c1-22-6-8-23(9-7-22)10-11-24-12-14-25(15-13-24)19-35-29(31(21-37-35)20-34-38-31)30(36)32-17-16-26-18-33-28-5-3-2-4-27(26)28;1-2/h2-9,12-15,18,29,33-34H,16-17,19-21H2,1H3,(H,32,36);1-2H3/t29-,31+;/m1./s1. The van der Waals surface area contributed by atoms with E-state index in [0.29, 0.717) is 26.2 Å². The minimum Gasteiger partial charge on any atom is -0.361 e. The largest absolute Gasteiger partial charge is 0.361 e. The Balaban J connectivity index is 0.00000158. The summed E-state index contributed by atoms with van der Waals surface area (Å²) in [6, 6.07) is 23.9. The van der Waals surface area contributed by atoms with Gasteiger partial charge in [0.15, 0.2) is 5.60 Å². The number of benzene rings is 3. The number of aromatic amines is 1. The Hall–Kier alpha value is -3.93. The Morgan fingerprint density at radius 2 is 1.70 bits per heavy atom. The Morgan fingerprint density at radius 1 is 1.02 bits per heavy atom. The van der Waals surface area contributed by atoms with Crippen molar-refractivity contribution in [2.45, 2.75) is 45.4 Å². The van der Waals surface area contributed by atoms with Crippen molar-refractivity contribution in [1.82, 2.24) is 20.8 Å². The van der Waals surface area contributed by atoms with Crippen LogP contribution in [0.3, 0.4) is 0 Å². The Morgan fingerprint density at radius 3 is 2.38 bits per heavy atom. The first-order valence-corrected chi connectivity index (χ1v) is 13.9. The molecule has 3 heterocycles. The molecule has 2 saturated heterocycles. The van der Waals surface area contributed by atoms with Gasteiger partial charge in [0.05, 0.1) is 13.1 Å². The minimum absolute atomic E-state index is 0.0931. The van der Waals surface area contributed by atoms with Crippen molar-refractivity contribution >= 4 is 16.8 Å². The van der Waals surface area contributed by atoms with Crippen molar-refractivity contribution < 1.29 is 14.5 Å². The molecule has 0 bridgehead atoms. The average Bonchev–Trinajstić information content (AvgIpc) is 3.57. The minimum atomic E-state index is -0.676. The number of carbonyl (C=O) groups excluding carboxylic acids is 1. The summed E-state index contributed by atoms with van der Waals surface area (Å²) >= 11 is 0. The molecule has 2 fully saturated rings. The molecule has 1 amide bonds. The van der Waals surface area contributed by atoms with Gasteiger partial charge < -0.3 is 10.3 Å². The van der Waals surface area contributed by atoms with Gasteiger partial charge in [0, 0.05) is 34.8 Å². The fourth-order valence-electron chi connectivity index (χ4n) is 5.02. The van der Waals surface area contributed by atoms with Gasteiger partial charge >= 0.3 is 0 Å². The molecule has 3 aromatic carbocycles. The lowest BCUT2D eigenvalue weighted by Crippen LogP contribution is -2.68. The molecule has 2 aliphatic heterocycles. The molecule has 4 aromatic rings. The van der Waals surface area contributed by atoms with Crippen LogP contribution in [0.1, 0.15) is 41.7 Å². The first kappa shape index (κ1) is 27.6. The summed E-state index contributed by atoms with van der Waals surface area (Å²) < 4.78 is 0. The number of nitrogens with one attached hydrogen (secondary N) is 3. The fourth-order valence-corrected chi connectivity index (χ4v) is 5.02. The summed E-state index contributed by atoms with van der Waals surface area (Å²) in [7, 11) is 0. The number of hydroxylamine groups is 3. The molecular weight excluding hydrogens is 500 g/mol. The number of amides is 1. The number of fused-ring (bicyclic) bond motifs is 1. The van der Waals surface area contributed by atoms with Gasteiger partial charge in [-0.15, -0.1) is 0 Å². The Bertz CT molecular complexity index is 1490. The van der Waals surface area contributed by atoms with E-state index in [4.69, 9.17) is 9.68 Å². The molecule has 7 heteroatoms. The molecule has 7 nitrogen and oxygen atoms in total. The van der Waals surface area contributed by atoms with E-state index in [1.165, 1.54) is 16.5 Å². The number of hydrogen-bond acceptors (Lipinski definition) is 5. The lowest BCUT2D eigenvalue weighted by molar-refractivity contribution is -0.209. The predicted molar refractivity (Wildman–Crippen MR) is 157 cm³/mol. The topological polar surface area (TPSA) is 78.6 Å². The summed E-state index contributed by atoms with van der Waals surface area (Å²) in [5.41, 5.74) is 8.63. The summed E-state index contributed by atoms with van der Waals surface area (Å²) in [6.45, 7) is 7.97. The van der Waals surface area contributed by atoms with Crippen LogP contribution in [0.2, 0.25) is 0 Å². The zero-order valence-electron chi connectivity index (χ0n) is 23.3. The third-order valence-electron chi connectivity index (χ3n) is 7.22. The predicted octanol–water partition coefficient (Wildman–Crippen LogP) is 4.65. The maximum atomic E-state index is 13.4. The monoisotopic (exact) mass is 536 g/mol. The van der Waals surface area contributed by atoms with Crippen molar-refractivity contribution in [2.24, 2.45) is 0 Å². The summed E-state index contributed by atoms with van der Waals surface area (Å²) in [6.07, 6.45) is 2.75. The van der Waals surface area contributed by atoms with Gasteiger partial charge in [0.2, 0.25) is 5.91 Å². The van der Waals surface area contributed by atoms with Crippen LogP contribution < -0.4 is 10.8 Å². The Kier molecular flexibility index (Phi) is 8.63. The number of nitrogens with zero attached hydrogens (tertiary/aromatic N) is 1. The van der Waals surface area contributed by atoms with Crippen molar-refractivity contribution in [3.05, 3.63) is 107 Å². The highest BCUT2D eigenvalue weighted by atomic mass is 16.8. The third-order valence-corrected chi connectivity index (χ3v) is 7.22. The first-order chi connectivity index (χ1) is 19.6. The van der Waals surface area contributed by atoms with Crippen LogP contribution in [0.25, 0.3) is 10.9 Å². The highest BCUT2D eigenvalue weighted by Gasteiger charge is 2.58. The number of para-hydroxylation sites is 1. The number of H-pyrrole nitrogens is 1. The second-order valence-electron chi connectivity index (χ2n) is 9.95. The molecule has 2 aliphatic rings. The number of hydrogen-bond donors (Lipinski definition) is 3. The molecule has 1 spiro atoms. The lowest BCUT2D eigenvalue weighted by atomic mass is 9.92. The van der Waals surface area contributed by atoms with Crippen molar-refractivity contribution in [1.29, 1.82) is 0 Å². The molecule has 0 radical (unpaired) electrons. The van der Waals surface area contributed by atoms with Crippen LogP contribution in [0, 0.1) is 18.8 Å². The molecule has 40 heavy (non-hydrogen) atoms. The van der Waals surface area contributed by atoms with Gasteiger partial charge in [0.25, 0.3) is 0 Å². The van der Waals surface area contributed by atoms with Crippen LogP contribution in [0.4, 0.5) is 0 Å². The first-order valence-electron chi connectivity index (χ1n) is 13.9. The number of aromatic nitrogens is 1. The molecule has 1 aromatic heterocycles. The second kappa shape index (κ2) is 12.5. The summed E-state index contributed by atoms with van der Waals surface area (Å²) in [5.74, 6) is 6.33. The van der Waals surface area contributed by atoms with Crippen molar-refractivity contribution in [2.75, 3.05) is 19.7 Å². The van der Waals surface area contributed by atoms with Crippen LogP contribution in [0.5, 0.6) is 0 Å². The average molecular weight is 537 g/mol. The van der Waals surface area contributed by atoms with Gasteiger partial charge in [-0.25, -0.2) is 0 Å². The number of carbonyl (C=O) groups is 1. The molecular formula is C33H36N4O3. The molecule has 0 aliphatic carbocycles.